The zero-order valence-corrected chi connectivity index (χ0v) is 16.5. The molecule has 6 nitrogen and oxygen atoms in total. The van der Waals surface area contributed by atoms with E-state index in [1.54, 1.807) is 23.2 Å². The zero-order chi connectivity index (χ0) is 16.3. The normalized spacial score (nSPS) is 22.6. The number of nitrogens with zero attached hydrogens (tertiary/aromatic N) is 1. The second kappa shape index (κ2) is 8.86. The number of hydrogen-bond acceptors (Lipinski definition) is 6. The fourth-order valence-electron chi connectivity index (χ4n) is 2.82. The largest absolute Gasteiger partial charge is 0.347 e. The molecule has 1 amide bonds. The first kappa shape index (κ1) is 20.0. The Labute approximate surface area is 157 Å². The van der Waals surface area contributed by atoms with Crippen LogP contribution in [0.3, 0.4) is 0 Å². The maximum absolute atomic E-state index is 12.8. The van der Waals surface area contributed by atoms with Gasteiger partial charge in [0.05, 0.1) is 0 Å². The Hall–Kier alpha value is -0.320. The van der Waals surface area contributed by atoms with Crippen LogP contribution < -0.4 is 10.6 Å². The average molecular weight is 412 g/mol. The van der Waals surface area contributed by atoms with Gasteiger partial charge in [0, 0.05) is 37.2 Å². The number of rotatable bonds is 4. The Morgan fingerprint density at radius 1 is 1.33 bits per heavy atom. The second-order valence-corrected chi connectivity index (χ2v) is 9.69. The van der Waals surface area contributed by atoms with Crippen LogP contribution in [0.2, 0.25) is 0 Å². The molecule has 3 heterocycles. The van der Waals surface area contributed by atoms with E-state index in [1.165, 1.54) is 15.6 Å². The molecule has 2 aliphatic rings. The van der Waals surface area contributed by atoms with Gasteiger partial charge >= 0.3 is 0 Å². The third kappa shape index (κ3) is 4.44. The number of carbonyl (C=O) groups is 1. The van der Waals surface area contributed by atoms with Crippen molar-refractivity contribution in [3.05, 3.63) is 16.3 Å². The molecule has 0 saturated carbocycles. The van der Waals surface area contributed by atoms with Gasteiger partial charge in [-0.05, 0) is 30.8 Å². The lowest BCUT2D eigenvalue weighted by Crippen LogP contribution is -2.46. The molecule has 2 N–H and O–H groups in total. The van der Waals surface area contributed by atoms with E-state index in [1.807, 2.05) is 0 Å². The summed E-state index contributed by atoms with van der Waals surface area (Å²) in [6.45, 7) is 2.73. The van der Waals surface area contributed by atoms with Crippen molar-refractivity contribution < 1.29 is 13.2 Å². The Balaban J connectivity index is 0.00000208. The fourth-order valence-corrected chi connectivity index (χ4v) is 6.70. The van der Waals surface area contributed by atoms with Crippen molar-refractivity contribution in [2.24, 2.45) is 0 Å². The number of thioether (sulfide) groups is 1. The molecule has 10 heteroatoms. The highest BCUT2D eigenvalue weighted by molar-refractivity contribution is 7.99. The number of nitrogens with one attached hydrogen (secondary N) is 2. The molecular weight excluding hydrogens is 390 g/mol. The molecule has 0 bridgehead atoms. The van der Waals surface area contributed by atoms with Crippen molar-refractivity contribution in [3.8, 4) is 0 Å². The maximum atomic E-state index is 12.8. The smallest absolute Gasteiger partial charge is 0.263 e. The molecule has 1 aromatic rings. The predicted molar refractivity (Wildman–Crippen MR) is 101 cm³/mol. The van der Waals surface area contributed by atoms with Gasteiger partial charge in [-0.1, -0.05) is 0 Å². The second-order valence-electron chi connectivity index (χ2n) is 5.65. The van der Waals surface area contributed by atoms with Crippen LogP contribution in [0.5, 0.6) is 0 Å². The molecule has 0 spiro atoms. The van der Waals surface area contributed by atoms with Crippen LogP contribution in [0.25, 0.3) is 0 Å². The fraction of sp³-hybridized carbons (Fsp3) is 0.643. The number of sulfonamides is 1. The molecule has 136 valence electrons. The predicted octanol–water partition coefficient (Wildman–Crippen LogP) is 1.39. The van der Waals surface area contributed by atoms with E-state index in [2.05, 4.69) is 10.6 Å². The number of thiophene rings is 1. The van der Waals surface area contributed by atoms with Crippen molar-refractivity contribution in [2.75, 3.05) is 37.7 Å². The highest BCUT2D eigenvalue weighted by Crippen LogP contribution is 2.27. The van der Waals surface area contributed by atoms with E-state index in [0.717, 1.165) is 37.4 Å². The minimum absolute atomic E-state index is 0. The SMILES string of the molecule is Cl.O=C(NC1CCCNC1)c1sccc1S(=O)(=O)N1CCSCC1. The number of carbonyl (C=O) groups excluding carboxylic acids is 1. The number of piperidine rings is 1. The van der Waals surface area contributed by atoms with Crippen LogP contribution in [0, 0.1) is 0 Å². The summed E-state index contributed by atoms with van der Waals surface area (Å²) in [4.78, 5) is 13.0. The van der Waals surface area contributed by atoms with Crippen molar-refractivity contribution in [3.63, 3.8) is 0 Å². The van der Waals surface area contributed by atoms with Crippen LogP contribution in [-0.2, 0) is 10.0 Å². The van der Waals surface area contributed by atoms with E-state index in [0.29, 0.717) is 18.0 Å². The lowest BCUT2D eigenvalue weighted by molar-refractivity contribution is 0.0931. The lowest BCUT2D eigenvalue weighted by atomic mass is 10.1. The molecule has 1 aromatic heterocycles. The molecule has 0 radical (unpaired) electrons. The monoisotopic (exact) mass is 411 g/mol. The number of halogens is 1. The first-order valence-electron chi connectivity index (χ1n) is 7.76. The molecule has 1 unspecified atom stereocenters. The van der Waals surface area contributed by atoms with Crippen molar-refractivity contribution in [1.29, 1.82) is 0 Å². The summed E-state index contributed by atoms with van der Waals surface area (Å²) >= 11 is 2.95. The number of amides is 1. The Morgan fingerprint density at radius 3 is 2.75 bits per heavy atom. The van der Waals surface area contributed by atoms with Gasteiger partial charge in [-0.2, -0.15) is 16.1 Å². The van der Waals surface area contributed by atoms with Gasteiger partial charge in [0.2, 0.25) is 10.0 Å². The standard InChI is InChI=1S/C14H21N3O3S3.ClH/c18-14(16-11-2-1-4-15-10-11)13-12(3-7-22-13)23(19,20)17-5-8-21-9-6-17;/h3,7,11,15H,1-2,4-6,8-10H2,(H,16,18);1H. The van der Waals surface area contributed by atoms with Crippen molar-refractivity contribution in [1.82, 2.24) is 14.9 Å². The Kier molecular flexibility index (Phi) is 7.39. The van der Waals surface area contributed by atoms with E-state index < -0.39 is 10.0 Å². The molecule has 2 saturated heterocycles. The van der Waals surface area contributed by atoms with E-state index >= 15 is 0 Å². The van der Waals surface area contributed by atoms with Gasteiger partial charge < -0.3 is 10.6 Å². The third-order valence-electron chi connectivity index (χ3n) is 4.06. The Bertz CT molecular complexity index is 653. The van der Waals surface area contributed by atoms with Crippen LogP contribution in [0.4, 0.5) is 0 Å². The summed E-state index contributed by atoms with van der Waals surface area (Å²) < 4.78 is 27.1. The average Bonchev–Trinajstić information content (AvgIpc) is 3.07. The van der Waals surface area contributed by atoms with Crippen molar-refractivity contribution in [2.45, 2.75) is 23.8 Å². The summed E-state index contributed by atoms with van der Waals surface area (Å²) in [5, 5.41) is 7.88. The topological polar surface area (TPSA) is 78.5 Å². The van der Waals surface area contributed by atoms with Crippen LogP contribution >= 0.6 is 35.5 Å². The number of hydrogen-bond donors (Lipinski definition) is 2. The highest BCUT2D eigenvalue weighted by atomic mass is 35.5. The van der Waals surface area contributed by atoms with Crippen LogP contribution in [0.1, 0.15) is 22.5 Å². The van der Waals surface area contributed by atoms with E-state index in [4.69, 9.17) is 0 Å². The first-order valence-corrected chi connectivity index (χ1v) is 11.2. The van der Waals surface area contributed by atoms with Crippen molar-refractivity contribution >= 4 is 51.4 Å². The summed E-state index contributed by atoms with van der Waals surface area (Å²) in [6.07, 6.45) is 1.95. The first-order chi connectivity index (χ1) is 11.1. The van der Waals surface area contributed by atoms with Crippen LogP contribution in [-0.4, -0.2) is 62.4 Å². The Morgan fingerprint density at radius 2 is 2.08 bits per heavy atom. The molecule has 1 atom stereocenters. The van der Waals surface area contributed by atoms with Gasteiger partial charge in [0.25, 0.3) is 5.91 Å². The minimum Gasteiger partial charge on any atom is -0.347 e. The quantitative estimate of drug-likeness (QED) is 0.782. The minimum atomic E-state index is -3.58. The molecule has 2 fully saturated rings. The molecular formula is C14H22ClN3O3S3. The summed E-state index contributed by atoms with van der Waals surface area (Å²) in [5.74, 6) is 1.33. The highest BCUT2D eigenvalue weighted by Gasteiger charge is 2.31. The van der Waals surface area contributed by atoms with E-state index in [9.17, 15) is 13.2 Å². The van der Waals surface area contributed by atoms with Gasteiger partial charge in [0.15, 0.2) is 0 Å². The maximum Gasteiger partial charge on any atom is 0.263 e. The zero-order valence-electron chi connectivity index (χ0n) is 13.2. The third-order valence-corrected chi connectivity index (χ3v) is 7.98. The molecule has 0 aromatic carbocycles. The van der Waals surface area contributed by atoms with Gasteiger partial charge in [0.1, 0.15) is 9.77 Å². The van der Waals surface area contributed by atoms with Gasteiger partial charge in [-0.3, -0.25) is 4.79 Å². The molecule has 0 aliphatic carbocycles. The summed E-state index contributed by atoms with van der Waals surface area (Å²) in [6, 6.07) is 1.62. The molecule has 24 heavy (non-hydrogen) atoms. The van der Waals surface area contributed by atoms with Crippen LogP contribution in [0.15, 0.2) is 16.3 Å². The lowest BCUT2D eigenvalue weighted by Gasteiger charge is -2.26. The van der Waals surface area contributed by atoms with Gasteiger partial charge in [-0.25, -0.2) is 8.42 Å². The molecule has 3 rings (SSSR count). The van der Waals surface area contributed by atoms with E-state index in [-0.39, 0.29) is 29.3 Å². The summed E-state index contributed by atoms with van der Waals surface area (Å²) in [5.41, 5.74) is 0. The summed E-state index contributed by atoms with van der Waals surface area (Å²) in [7, 11) is -3.58. The molecule has 2 aliphatic heterocycles. The van der Waals surface area contributed by atoms with Gasteiger partial charge in [-0.15, -0.1) is 23.7 Å².